The van der Waals surface area contributed by atoms with E-state index in [1.165, 1.54) is 4.90 Å². The van der Waals surface area contributed by atoms with E-state index in [9.17, 15) is 31.2 Å². The highest BCUT2D eigenvalue weighted by atomic mass is 79.9. The molecule has 0 saturated carbocycles. The fraction of sp³-hybridized carbons (Fsp3) is 0.310. The van der Waals surface area contributed by atoms with Crippen molar-refractivity contribution in [2.45, 2.75) is 45.1 Å². The zero-order valence-corrected chi connectivity index (χ0v) is 26.2. The van der Waals surface area contributed by atoms with Crippen LogP contribution in [0.5, 0.6) is 0 Å². The maximum absolute atomic E-state index is 14.0. The fourth-order valence-corrected chi connectivity index (χ4v) is 5.58. The number of hydrogen-bond donors (Lipinski definition) is 1. The molecule has 1 N–H and O–H groups in total. The number of anilines is 1. The Hall–Kier alpha value is -3.09. The van der Waals surface area contributed by atoms with Gasteiger partial charge in [0.25, 0.3) is 0 Å². The van der Waals surface area contributed by atoms with Crippen LogP contribution < -0.4 is 9.62 Å². The summed E-state index contributed by atoms with van der Waals surface area (Å²) in [4.78, 5) is 28.8. The molecule has 0 aliphatic rings. The molecule has 13 heteroatoms. The first kappa shape index (κ1) is 33.4. The van der Waals surface area contributed by atoms with Gasteiger partial charge in [-0.05, 0) is 55.3 Å². The largest absolute Gasteiger partial charge is 0.416 e. The third-order valence-corrected chi connectivity index (χ3v) is 8.16. The number of amides is 2. The van der Waals surface area contributed by atoms with Crippen molar-refractivity contribution in [3.8, 4) is 0 Å². The molecule has 0 aliphatic carbocycles. The van der Waals surface area contributed by atoms with E-state index in [4.69, 9.17) is 11.6 Å². The Kier molecular flexibility index (Phi) is 11.1. The Labute approximate surface area is 256 Å². The monoisotopic (exact) mass is 687 g/mol. The first-order valence-corrected chi connectivity index (χ1v) is 15.8. The molecule has 2 amide bonds. The number of carbonyl (C=O) groups excluding carboxylic acids is 2. The summed E-state index contributed by atoms with van der Waals surface area (Å²) < 4.78 is 67.5. The molecule has 3 rings (SSSR count). The van der Waals surface area contributed by atoms with E-state index in [0.717, 1.165) is 28.4 Å². The minimum absolute atomic E-state index is 0.0803. The highest BCUT2D eigenvalue weighted by molar-refractivity contribution is 9.10. The van der Waals surface area contributed by atoms with Crippen molar-refractivity contribution >= 4 is 55.1 Å². The molecule has 0 radical (unpaired) electrons. The zero-order chi connectivity index (χ0) is 31.2. The van der Waals surface area contributed by atoms with Crippen LogP contribution in [-0.2, 0) is 38.8 Å². The van der Waals surface area contributed by atoms with Gasteiger partial charge in [0.1, 0.15) is 12.6 Å². The lowest BCUT2D eigenvalue weighted by atomic mass is 10.0. The smallest absolute Gasteiger partial charge is 0.352 e. The molecule has 0 spiro atoms. The summed E-state index contributed by atoms with van der Waals surface area (Å²) in [6.07, 6.45) is -3.91. The van der Waals surface area contributed by atoms with Gasteiger partial charge in [-0.1, -0.05) is 70.0 Å². The summed E-state index contributed by atoms with van der Waals surface area (Å²) in [5.41, 5.74) is -0.244. The van der Waals surface area contributed by atoms with Crippen molar-refractivity contribution in [1.82, 2.24) is 10.2 Å². The Morgan fingerprint density at radius 1 is 0.976 bits per heavy atom. The molecular formula is C29H30BrClF3N3O4S. The third-order valence-electron chi connectivity index (χ3n) is 6.19. The second kappa shape index (κ2) is 13.9. The molecule has 0 saturated heterocycles. The number of nitrogens with zero attached hydrogens (tertiary/aromatic N) is 2. The Bertz CT molecular complexity index is 1500. The van der Waals surface area contributed by atoms with Crippen LogP contribution in [0.3, 0.4) is 0 Å². The number of nitrogens with one attached hydrogen (secondary N) is 1. The summed E-state index contributed by atoms with van der Waals surface area (Å²) in [6.45, 7) is 2.55. The van der Waals surface area contributed by atoms with Gasteiger partial charge in [0.05, 0.1) is 22.5 Å². The van der Waals surface area contributed by atoms with E-state index in [1.807, 2.05) is 0 Å². The molecule has 0 unspecified atom stereocenters. The third kappa shape index (κ3) is 9.20. The van der Waals surface area contributed by atoms with Gasteiger partial charge in [-0.15, -0.1) is 0 Å². The van der Waals surface area contributed by atoms with Gasteiger partial charge in [0.15, 0.2) is 0 Å². The van der Waals surface area contributed by atoms with E-state index < -0.39 is 51.9 Å². The second-order valence-electron chi connectivity index (χ2n) is 9.95. The lowest BCUT2D eigenvalue weighted by Gasteiger charge is -2.34. The molecular weight excluding hydrogens is 659 g/mol. The van der Waals surface area contributed by atoms with Crippen molar-refractivity contribution in [1.29, 1.82) is 0 Å². The van der Waals surface area contributed by atoms with E-state index in [-0.39, 0.29) is 24.0 Å². The average molecular weight is 689 g/mol. The number of hydrogen-bond acceptors (Lipinski definition) is 4. The molecule has 3 aromatic rings. The van der Waals surface area contributed by atoms with Crippen LogP contribution in [-0.4, -0.2) is 50.0 Å². The normalized spacial score (nSPS) is 12.6. The highest BCUT2D eigenvalue weighted by Crippen LogP contribution is 2.36. The number of sulfonamides is 1. The molecule has 226 valence electrons. The molecule has 0 aliphatic heterocycles. The van der Waals surface area contributed by atoms with Crippen LogP contribution >= 0.6 is 27.5 Å². The van der Waals surface area contributed by atoms with E-state index >= 15 is 0 Å². The van der Waals surface area contributed by atoms with Gasteiger partial charge in [-0.2, -0.15) is 13.2 Å². The van der Waals surface area contributed by atoms with Gasteiger partial charge in [-0.25, -0.2) is 8.42 Å². The van der Waals surface area contributed by atoms with Gasteiger partial charge in [0.2, 0.25) is 21.8 Å². The summed E-state index contributed by atoms with van der Waals surface area (Å²) in [7, 11) is -4.31. The quantitative estimate of drug-likeness (QED) is 0.266. The van der Waals surface area contributed by atoms with Crippen molar-refractivity contribution in [2.75, 3.05) is 17.1 Å². The molecule has 0 aromatic heterocycles. The predicted molar refractivity (Wildman–Crippen MR) is 161 cm³/mol. The topological polar surface area (TPSA) is 86.8 Å². The standard InChI is InChI=1S/C29H30BrClF3N3O4S/c1-19(2)35-28(39)26(15-20-7-5-4-6-8-20)36(17-21-9-12-23(30)13-10-21)27(38)18-37(42(3,40)41)25-16-22(29(32,33)34)11-14-24(25)31/h4-14,16,19,26H,15,17-18H2,1-3H3,(H,35,39)/t26-/m0/s1. The number of benzene rings is 3. The van der Waals surface area contributed by atoms with Crippen LogP contribution in [0.4, 0.5) is 18.9 Å². The number of alkyl halides is 3. The second-order valence-corrected chi connectivity index (χ2v) is 13.2. The molecule has 0 heterocycles. The van der Waals surface area contributed by atoms with Crippen molar-refractivity contribution in [2.24, 2.45) is 0 Å². The lowest BCUT2D eigenvalue weighted by Crippen LogP contribution is -2.54. The Balaban J connectivity index is 2.11. The molecule has 0 fully saturated rings. The molecule has 3 aromatic carbocycles. The van der Waals surface area contributed by atoms with Crippen molar-refractivity contribution in [3.63, 3.8) is 0 Å². The Morgan fingerprint density at radius 3 is 2.14 bits per heavy atom. The van der Waals surface area contributed by atoms with E-state index in [1.54, 1.807) is 68.4 Å². The van der Waals surface area contributed by atoms with Crippen LogP contribution in [0.15, 0.2) is 77.3 Å². The lowest BCUT2D eigenvalue weighted by molar-refractivity contribution is -0.140. The Morgan fingerprint density at radius 2 is 1.60 bits per heavy atom. The van der Waals surface area contributed by atoms with E-state index in [0.29, 0.717) is 15.9 Å². The maximum Gasteiger partial charge on any atom is 0.416 e. The van der Waals surface area contributed by atoms with Crippen molar-refractivity contribution < 1.29 is 31.2 Å². The van der Waals surface area contributed by atoms with Gasteiger partial charge >= 0.3 is 6.18 Å². The van der Waals surface area contributed by atoms with Crippen LogP contribution in [0, 0.1) is 0 Å². The summed E-state index contributed by atoms with van der Waals surface area (Å²) in [6, 6.07) is 16.8. The average Bonchev–Trinajstić information content (AvgIpc) is 2.89. The van der Waals surface area contributed by atoms with E-state index in [2.05, 4.69) is 21.2 Å². The van der Waals surface area contributed by atoms with Crippen LogP contribution in [0.25, 0.3) is 0 Å². The molecule has 1 atom stereocenters. The van der Waals surface area contributed by atoms with Crippen molar-refractivity contribution in [3.05, 3.63) is 99.0 Å². The number of rotatable bonds is 11. The zero-order valence-electron chi connectivity index (χ0n) is 23.0. The summed E-state index contributed by atoms with van der Waals surface area (Å²) >= 11 is 9.53. The highest BCUT2D eigenvalue weighted by Gasteiger charge is 2.36. The minimum atomic E-state index is -4.78. The molecule has 0 bridgehead atoms. The first-order valence-electron chi connectivity index (χ1n) is 12.8. The predicted octanol–water partition coefficient (Wildman–Crippen LogP) is 6.05. The SMILES string of the molecule is CC(C)NC(=O)[C@H](Cc1ccccc1)N(Cc1ccc(Br)cc1)C(=O)CN(c1cc(C(F)(F)F)ccc1Cl)S(C)(=O)=O. The van der Waals surface area contributed by atoms with Gasteiger partial charge < -0.3 is 10.2 Å². The molecule has 7 nitrogen and oxygen atoms in total. The fourth-order valence-electron chi connectivity index (χ4n) is 4.20. The number of carbonyl (C=O) groups is 2. The minimum Gasteiger partial charge on any atom is -0.352 e. The molecule has 42 heavy (non-hydrogen) atoms. The van der Waals surface area contributed by atoms with Crippen LogP contribution in [0.1, 0.15) is 30.5 Å². The van der Waals surface area contributed by atoms with Gasteiger partial charge in [-0.3, -0.25) is 13.9 Å². The number of halogens is 5. The van der Waals surface area contributed by atoms with Crippen LogP contribution in [0.2, 0.25) is 5.02 Å². The van der Waals surface area contributed by atoms with Gasteiger partial charge in [0, 0.05) is 23.5 Å². The summed E-state index contributed by atoms with van der Waals surface area (Å²) in [5.74, 6) is -1.28. The first-order chi connectivity index (χ1) is 19.6. The maximum atomic E-state index is 14.0. The summed E-state index contributed by atoms with van der Waals surface area (Å²) in [5, 5.41) is 2.53.